The number of aromatic nitrogens is 3. The maximum atomic E-state index is 13.6. The van der Waals surface area contributed by atoms with Crippen LogP contribution in [0.15, 0.2) is 54.6 Å². The van der Waals surface area contributed by atoms with Gasteiger partial charge in [-0.3, -0.25) is 9.59 Å². The average molecular weight is 716 g/mol. The number of anilines is 1. The first-order valence-corrected chi connectivity index (χ1v) is 17.9. The van der Waals surface area contributed by atoms with Crippen LogP contribution in [-0.2, 0) is 37.5 Å². The number of carbonyl (C=O) groups excluding carboxylic acids is 3. The number of aliphatic hydroxyl groups is 1. The van der Waals surface area contributed by atoms with E-state index in [-0.39, 0.29) is 31.0 Å². The summed E-state index contributed by atoms with van der Waals surface area (Å²) < 4.78 is 26.7. The maximum absolute atomic E-state index is 13.6. The molecule has 1 saturated heterocycles. The normalized spacial score (nSPS) is 15.2. The van der Waals surface area contributed by atoms with E-state index in [0.29, 0.717) is 60.1 Å². The minimum Gasteiger partial charge on any atom is -0.464 e. The molecule has 2 N–H and O–H groups in total. The first kappa shape index (κ1) is 38.5. The number of ketones is 1. The largest absolute Gasteiger partial charge is 0.464 e. The van der Waals surface area contributed by atoms with Gasteiger partial charge in [-0.2, -0.15) is 9.61 Å². The molecule has 1 atom stereocenters. The van der Waals surface area contributed by atoms with Gasteiger partial charge < -0.3 is 24.8 Å². The number of Topliss-reactive ketones (excluding diaryl/α,β-unsaturated/α-hetero) is 1. The summed E-state index contributed by atoms with van der Waals surface area (Å²) in [6.07, 6.45) is 0.580. The fourth-order valence-electron chi connectivity index (χ4n) is 6.63. The predicted molar refractivity (Wildman–Crippen MR) is 196 cm³/mol. The molecule has 278 valence electrons. The van der Waals surface area contributed by atoms with Crippen LogP contribution >= 0.6 is 0 Å². The zero-order valence-corrected chi connectivity index (χ0v) is 31.2. The molecular formula is C40H50FN5O6. The van der Waals surface area contributed by atoms with Crippen molar-refractivity contribution in [2.24, 2.45) is 5.92 Å². The fraction of sp³-hybridized carbons (Fsp3) is 0.475. The van der Waals surface area contributed by atoms with Crippen LogP contribution in [0.3, 0.4) is 0 Å². The molecule has 1 amide bonds. The Kier molecular flexibility index (Phi) is 11.8. The third-order valence-electron chi connectivity index (χ3n) is 9.03. The summed E-state index contributed by atoms with van der Waals surface area (Å²) in [5, 5.41) is 19.3. The van der Waals surface area contributed by atoms with Crippen molar-refractivity contribution in [3.63, 3.8) is 0 Å². The molecule has 12 heteroatoms. The summed E-state index contributed by atoms with van der Waals surface area (Å²) in [6.45, 7) is 14.1. The van der Waals surface area contributed by atoms with Crippen LogP contribution < -0.4 is 10.2 Å². The average Bonchev–Trinajstić information content (AvgIpc) is 3.50. The molecule has 0 radical (unpaired) electrons. The Morgan fingerprint density at radius 3 is 2.37 bits per heavy atom. The van der Waals surface area contributed by atoms with E-state index in [1.807, 2.05) is 37.8 Å². The third kappa shape index (κ3) is 9.21. The van der Waals surface area contributed by atoms with E-state index in [4.69, 9.17) is 14.5 Å². The number of hydrogen-bond donors (Lipinski definition) is 2. The molecule has 0 aliphatic carbocycles. The Morgan fingerprint density at radius 2 is 1.73 bits per heavy atom. The first-order chi connectivity index (χ1) is 24.6. The van der Waals surface area contributed by atoms with E-state index in [1.165, 1.54) is 40.4 Å². The molecule has 2 aromatic heterocycles. The van der Waals surface area contributed by atoms with Crippen molar-refractivity contribution in [3.05, 3.63) is 94.1 Å². The number of nitrogens with zero attached hydrogens (tertiary/aromatic N) is 4. The van der Waals surface area contributed by atoms with Crippen molar-refractivity contribution in [3.8, 4) is 0 Å². The predicted octanol–water partition coefficient (Wildman–Crippen LogP) is 5.82. The molecule has 11 nitrogen and oxygen atoms in total. The number of carbonyl (C=O) groups is 3. The van der Waals surface area contributed by atoms with Gasteiger partial charge in [0.05, 0.1) is 29.9 Å². The van der Waals surface area contributed by atoms with Gasteiger partial charge in [-0.15, -0.1) is 0 Å². The molecule has 52 heavy (non-hydrogen) atoms. The molecule has 1 aliphatic heterocycles. The SMILES string of the molecule is CCOC(=O)C(OC(C)(C)C)c1c(C)nc2cc(C(=O)NCC(=O)Cc3ccc(F)cc3)nn2c1N1CCC(O)(c2cccc(CC(C)C)c2)CC1. The Hall–Kier alpha value is -4.68. The summed E-state index contributed by atoms with van der Waals surface area (Å²) in [7, 11) is 0. The van der Waals surface area contributed by atoms with Crippen molar-refractivity contribution in [1.29, 1.82) is 0 Å². The molecule has 1 aliphatic rings. The van der Waals surface area contributed by atoms with Crippen LogP contribution in [0.25, 0.3) is 5.65 Å². The van der Waals surface area contributed by atoms with Crippen LogP contribution in [0.5, 0.6) is 0 Å². The van der Waals surface area contributed by atoms with E-state index < -0.39 is 35.0 Å². The van der Waals surface area contributed by atoms with Crippen molar-refractivity contribution in [2.75, 3.05) is 31.1 Å². The summed E-state index contributed by atoms with van der Waals surface area (Å²) in [6, 6.07) is 15.3. The van der Waals surface area contributed by atoms with Gasteiger partial charge in [0.15, 0.2) is 23.2 Å². The molecule has 0 spiro atoms. The highest BCUT2D eigenvalue weighted by Crippen LogP contribution is 2.40. The van der Waals surface area contributed by atoms with Crippen molar-refractivity contribution >= 4 is 29.1 Å². The lowest BCUT2D eigenvalue weighted by atomic mass is 9.83. The Morgan fingerprint density at radius 1 is 1.04 bits per heavy atom. The van der Waals surface area contributed by atoms with Gasteiger partial charge in [-0.05, 0) is 88.6 Å². The number of esters is 1. The molecular weight excluding hydrogens is 665 g/mol. The number of amides is 1. The van der Waals surface area contributed by atoms with Gasteiger partial charge in [-0.1, -0.05) is 50.2 Å². The lowest BCUT2D eigenvalue weighted by Crippen LogP contribution is -2.44. The summed E-state index contributed by atoms with van der Waals surface area (Å²) >= 11 is 0. The molecule has 2 aromatic carbocycles. The summed E-state index contributed by atoms with van der Waals surface area (Å²) in [5.41, 5.74) is 2.21. The van der Waals surface area contributed by atoms with Crippen LogP contribution in [0.4, 0.5) is 10.2 Å². The van der Waals surface area contributed by atoms with Gasteiger partial charge >= 0.3 is 5.97 Å². The number of fused-ring (bicyclic) bond motifs is 1. The number of aryl methyl sites for hydroxylation is 1. The maximum Gasteiger partial charge on any atom is 0.340 e. The van der Waals surface area contributed by atoms with E-state index in [1.54, 1.807) is 13.8 Å². The number of rotatable bonds is 13. The highest BCUT2D eigenvalue weighted by atomic mass is 19.1. The van der Waals surface area contributed by atoms with Gasteiger partial charge in [-0.25, -0.2) is 14.2 Å². The Balaban J connectivity index is 1.49. The summed E-state index contributed by atoms with van der Waals surface area (Å²) in [5.74, 6) is -0.824. The topological polar surface area (TPSA) is 135 Å². The number of nitrogens with one attached hydrogen (secondary N) is 1. The van der Waals surface area contributed by atoms with Gasteiger partial charge in [0.25, 0.3) is 5.91 Å². The third-order valence-corrected chi connectivity index (χ3v) is 9.03. The lowest BCUT2D eigenvalue weighted by molar-refractivity contribution is -0.167. The van der Waals surface area contributed by atoms with E-state index in [0.717, 1.165) is 12.0 Å². The number of hydrogen-bond acceptors (Lipinski definition) is 9. The second-order valence-electron chi connectivity index (χ2n) is 14.9. The Labute approximate surface area is 304 Å². The van der Waals surface area contributed by atoms with Gasteiger partial charge in [0.2, 0.25) is 0 Å². The molecule has 1 unspecified atom stereocenters. The van der Waals surface area contributed by atoms with Gasteiger partial charge in [0, 0.05) is 31.3 Å². The number of benzene rings is 2. The summed E-state index contributed by atoms with van der Waals surface area (Å²) in [4.78, 5) is 46.4. The number of ether oxygens (including phenoxy) is 2. The number of halogens is 1. The molecule has 3 heterocycles. The minimum atomic E-state index is -1.16. The van der Waals surface area contributed by atoms with E-state index >= 15 is 0 Å². The van der Waals surface area contributed by atoms with E-state index in [2.05, 4.69) is 36.4 Å². The number of piperidine rings is 1. The zero-order valence-electron chi connectivity index (χ0n) is 31.2. The van der Waals surface area contributed by atoms with Crippen molar-refractivity contribution < 1.29 is 33.4 Å². The quantitative estimate of drug-likeness (QED) is 0.164. The molecule has 1 fully saturated rings. The lowest BCUT2D eigenvalue weighted by Gasteiger charge is -2.41. The highest BCUT2D eigenvalue weighted by molar-refractivity contribution is 5.96. The monoisotopic (exact) mass is 715 g/mol. The Bertz CT molecular complexity index is 1910. The second kappa shape index (κ2) is 15.9. The molecule has 0 bridgehead atoms. The molecule has 4 aromatic rings. The second-order valence-corrected chi connectivity index (χ2v) is 14.9. The van der Waals surface area contributed by atoms with E-state index in [9.17, 15) is 23.9 Å². The highest BCUT2D eigenvalue weighted by Gasteiger charge is 2.39. The van der Waals surface area contributed by atoms with Crippen LogP contribution in [0.2, 0.25) is 0 Å². The standard InChI is InChI=1S/C40H50FN5O6/c1-8-51-38(49)35(52-39(5,6)7)34-26(4)43-33-23-32(36(48)42-24-31(47)22-27-12-14-30(41)15-13-27)44-46(33)37(34)45-18-16-40(50,17-19-45)29-11-9-10-28(21-29)20-25(2)3/h9-15,21,23,25,35,50H,8,16-20,22,24H2,1-7H3,(H,42,48). The smallest absolute Gasteiger partial charge is 0.340 e. The van der Waals surface area contributed by atoms with Gasteiger partial charge in [0.1, 0.15) is 11.6 Å². The minimum absolute atomic E-state index is 0.0276. The van der Waals surface area contributed by atoms with Crippen LogP contribution in [-0.4, -0.2) is 69.2 Å². The fourth-order valence-corrected chi connectivity index (χ4v) is 6.63. The molecule has 5 rings (SSSR count). The van der Waals surface area contributed by atoms with Crippen molar-refractivity contribution in [2.45, 2.75) is 91.5 Å². The van der Waals surface area contributed by atoms with Crippen LogP contribution in [0, 0.1) is 18.7 Å². The molecule has 0 saturated carbocycles. The zero-order chi connectivity index (χ0) is 37.8. The first-order valence-electron chi connectivity index (χ1n) is 17.9. The van der Waals surface area contributed by atoms with Crippen molar-refractivity contribution in [1.82, 2.24) is 19.9 Å². The van der Waals surface area contributed by atoms with Crippen LogP contribution in [0.1, 0.15) is 98.9 Å².